The first-order valence-corrected chi connectivity index (χ1v) is 8.41. The van der Waals surface area contributed by atoms with Gasteiger partial charge in [0.1, 0.15) is 0 Å². The molecule has 0 aliphatic carbocycles. The molecule has 0 radical (unpaired) electrons. The summed E-state index contributed by atoms with van der Waals surface area (Å²) in [6, 6.07) is 10.9. The number of nitrogens with two attached hydrogens (primary N) is 1. The van der Waals surface area contributed by atoms with Crippen molar-refractivity contribution in [3.05, 3.63) is 54.5 Å². The van der Waals surface area contributed by atoms with Gasteiger partial charge in [0, 0.05) is 36.0 Å². The third kappa shape index (κ3) is 3.45. The maximum absolute atomic E-state index is 5.79. The summed E-state index contributed by atoms with van der Waals surface area (Å²) >= 11 is 0. The van der Waals surface area contributed by atoms with Crippen molar-refractivity contribution in [2.24, 2.45) is 11.7 Å². The van der Waals surface area contributed by atoms with Gasteiger partial charge in [-0.15, -0.1) is 0 Å². The number of hydrogen-bond acceptors (Lipinski definition) is 2. The molecular weight excluding hydrogens is 282 g/mol. The molecule has 2 heterocycles. The van der Waals surface area contributed by atoms with Crippen molar-refractivity contribution in [3.63, 3.8) is 0 Å². The predicted octanol–water partition coefficient (Wildman–Crippen LogP) is 4.25. The van der Waals surface area contributed by atoms with E-state index in [2.05, 4.69) is 59.9 Å². The molecule has 3 rings (SSSR count). The van der Waals surface area contributed by atoms with E-state index >= 15 is 0 Å². The Bertz CT molecular complexity index is 772. The number of fused-ring (bicyclic) bond motifs is 1. The molecule has 0 saturated carbocycles. The summed E-state index contributed by atoms with van der Waals surface area (Å²) in [7, 11) is 0. The van der Waals surface area contributed by atoms with E-state index in [1.54, 1.807) is 0 Å². The Hall–Kier alpha value is -2.13. The number of benzene rings is 1. The van der Waals surface area contributed by atoms with Crippen molar-refractivity contribution in [1.82, 2.24) is 9.55 Å². The molecule has 0 atom stereocenters. The first-order chi connectivity index (χ1) is 11.2. The van der Waals surface area contributed by atoms with E-state index in [4.69, 9.17) is 5.73 Å². The summed E-state index contributed by atoms with van der Waals surface area (Å²) in [6.45, 7) is 6.29. The lowest BCUT2D eigenvalue weighted by atomic mass is 10.0. The minimum atomic E-state index is 0.690. The molecule has 0 aliphatic rings. The van der Waals surface area contributed by atoms with Crippen LogP contribution in [0.3, 0.4) is 0 Å². The van der Waals surface area contributed by atoms with Crippen LogP contribution in [0, 0.1) is 5.92 Å². The quantitative estimate of drug-likeness (QED) is 0.740. The van der Waals surface area contributed by atoms with Gasteiger partial charge in [-0.2, -0.15) is 0 Å². The van der Waals surface area contributed by atoms with Gasteiger partial charge in [0.2, 0.25) is 0 Å². The largest absolute Gasteiger partial charge is 0.347 e. The van der Waals surface area contributed by atoms with Crippen LogP contribution in [0.1, 0.15) is 25.8 Å². The van der Waals surface area contributed by atoms with Crippen molar-refractivity contribution in [3.8, 4) is 11.1 Å². The van der Waals surface area contributed by atoms with Crippen molar-refractivity contribution < 1.29 is 0 Å². The first kappa shape index (κ1) is 15.8. The van der Waals surface area contributed by atoms with Crippen LogP contribution in [0.5, 0.6) is 0 Å². The molecule has 1 aromatic carbocycles. The van der Waals surface area contributed by atoms with Gasteiger partial charge in [-0.25, -0.2) is 0 Å². The highest BCUT2D eigenvalue weighted by Gasteiger charge is 2.10. The van der Waals surface area contributed by atoms with E-state index in [0.29, 0.717) is 12.5 Å². The van der Waals surface area contributed by atoms with Crippen LogP contribution in [0.15, 0.2) is 48.9 Å². The Morgan fingerprint density at radius 1 is 1.09 bits per heavy atom. The van der Waals surface area contributed by atoms with E-state index in [-0.39, 0.29) is 0 Å². The molecule has 0 amide bonds. The number of hydrogen-bond donors (Lipinski definition) is 1. The molecule has 23 heavy (non-hydrogen) atoms. The van der Waals surface area contributed by atoms with Crippen LogP contribution >= 0.6 is 0 Å². The smallest absolute Gasteiger partial charge is 0.0489 e. The highest BCUT2D eigenvalue weighted by molar-refractivity contribution is 5.88. The highest BCUT2D eigenvalue weighted by atomic mass is 15.0. The Balaban J connectivity index is 2.06. The first-order valence-electron chi connectivity index (χ1n) is 8.41. The van der Waals surface area contributed by atoms with E-state index in [1.807, 2.05) is 12.4 Å². The molecule has 3 aromatic rings. The fourth-order valence-electron chi connectivity index (χ4n) is 3.03. The van der Waals surface area contributed by atoms with Crippen LogP contribution in [0.4, 0.5) is 0 Å². The van der Waals surface area contributed by atoms with Crippen molar-refractivity contribution in [2.75, 3.05) is 6.54 Å². The van der Waals surface area contributed by atoms with Crippen LogP contribution in [-0.4, -0.2) is 16.1 Å². The third-order valence-corrected chi connectivity index (χ3v) is 4.34. The Kier molecular flexibility index (Phi) is 4.77. The van der Waals surface area contributed by atoms with E-state index in [1.165, 1.54) is 34.0 Å². The zero-order valence-corrected chi connectivity index (χ0v) is 14.0. The number of rotatable bonds is 6. The average molecular weight is 307 g/mol. The molecule has 2 aromatic heterocycles. The van der Waals surface area contributed by atoms with Gasteiger partial charge < -0.3 is 10.3 Å². The van der Waals surface area contributed by atoms with Gasteiger partial charge >= 0.3 is 0 Å². The van der Waals surface area contributed by atoms with Gasteiger partial charge in [0.25, 0.3) is 0 Å². The summed E-state index contributed by atoms with van der Waals surface area (Å²) in [6.07, 6.45) is 8.09. The number of aryl methyl sites for hydroxylation is 1. The molecular formula is C20H25N3. The second-order valence-corrected chi connectivity index (χ2v) is 6.54. The lowest BCUT2D eigenvalue weighted by Gasteiger charge is -2.09. The zero-order valence-electron chi connectivity index (χ0n) is 14.0. The fraction of sp³-hybridized carbons (Fsp3) is 0.350. The monoisotopic (exact) mass is 307 g/mol. The second kappa shape index (κ2) is 6.97. The van der Waals surface area contributed by atoms with Crippen molar-refractivity contribution in [2.45, 2.75) is 33.2 Å². The maximum Gasteiger partial charge on any atom is 0.0489 e. The molecule has 0 unspecified atom stereocenters. The minimum absolute atomic E-state index is 0.690. The van der Waals surface area contributed by atoms with Gasteiger partial charge in [-0.1, -0.05) is 26.0 Å². The lowest BCUT2D eigenvalue weighted by molar-refractivity contribution is 0.524. The van der Waals surface area contributed by atoms with Crippen LogP contribution in [0.25, 0.3) is 22.0 Å². The maximum atomic E-state index is 5.79. The highest BCUT2D eigenvalue weighted by Crippen LogP contribution is 2.28. The molecule has 0 bridgehead atoms. The molecule has 3 heteroatoms. The standard InChI is InChI=1S/C20H25N3/c1-15(2)8-12-23-14-18(5-9-21)19-4-3-17(13-20(19)23)16-6-10-22-11-7-16/h3-4,6-7,10-11,13-15H,5,8-9,12,21H2,1-2H3. The molecule has 120 valence electrons. The summed E-state index contributed by atoms with van der Waals surface area (Å²) in [5.74, 6) is 0.703. The predicted molar refractivity (Wildman–Crippen MR) is 97.4 cm³/mol. The van der Waals surface area contributed by atoms with Crippen LogP contribution in [-0.2, 0) is 13.0 Å². The Morgan fingerprint density at radius 3 is 2.57 bits per heavy atom. The number of aromatic nitrogens is 2. The van der Waals surface area contributed by atoms with Gasteiger partial charge in [0.15, 0.2) is 0 Å². The number of pyridine rings is 1. The number of nitrogens with zero attached hydrogens (tertiary/aromatic N) is 2. The zero-order chi connectivity index (χ0) is 16.2. The topological polar surface area (TPSA) is 43.8 Å². The summed E-state index contributed by atoms with van der Waals surface area (Å²) in [5.41, 5.74) is 10.9. The molecule has 0 spiro atoms. The Labute approximate surface area is 138 Å². The average Bonchev–Trinajstić information content (AvgIpc) is 2.91. The summed E-state index contributed by atoms with van der Waals surface area (Å²) < 4.78 is 2.39. The summed E-state index contributed by atoms with van der Waals surface area (Å²) in [5, 5.41) is 1.33. The second-order valence-electron chi connectivity index (χ2n) is 6.54. The van der Waals surface area contributed by atoms with E-state index < -0.39 is 0 Å². The van der Waals surface area contributed by atoms with E-state index in [0.717, 1.165) is 13.0 Å². The lowest BCUT2D eigenvalue weighted by Crippen LogP contribution is -2.02. The minimum Gasteiger partial charge on any atom is -0.347 e. The molecule has 2 N–H and O–H groups in total. The fourth-order valence-corrected chi connectivity index (χ4v) is 3.03. The summed E-state index contributed by atoms with van der Waals surface area (Å²) in [4.78, 5) is 4.11. The normalized spacial score (nSPS) is 11.5. The van der Waals surface area contributed by atoms with Crippen molar-refractivity contribution >= 4 is 10.9 Å². The third-order valence-electron chi connectivity index (χ3n) is 4.34. The molecule has 0 saturated heterocycles. The molecule has 0 aliphatic heterocycles. The van der Waals surface area contributed by atoms with Gasteiger partial charge in [-0.3, -0.25) is 4.98 Å². The molecule has 0 fully saturated rings. The Morgan fingerprint density at radius 2 is 1.87 bits per heavy atom. The van der Waals surface area contributed by atoms with Crippen LogP contribution < -0.4 is 5.73 Å². The van der Waals surface area contributed by atoms with E-state index in [9.17, 15) is 0 Å². The SMILES string of the molecule is CC(C)CCn1cc(CCN)c2ccc(-c3ccncc3)cc21. The van der Waals surface area contributed by atoms with Gasteiger partial charge in [-0.05, 0) is 60.2 Å². The van der Waals surface area contributed by atoms with Crippen LogP contribution in [0.2, 0.25) is 0 Å². The van der Waals surface area contributed by atoms with Crippen molar-refractivity contribution in [1.29, 1.82) is 0 Å². The molecule has 3 nitrogen and oxygen atoms in total. The van der Waals surface area contributed by atoms with Gasteiger partial charge in [0.05, 0.1) is 0 Å².